The first-order valence-electron chi connectivity index (χ1n) is 3.91. The second-order valence-electron chi connectivity index (χ2n) is 3.12. The smallest absolute Gasteiger partial charge is 0.143 e. The Labute approximate surface area is 76.1 Å². The van der Waals surface area contributed by atoms with E-state index in [9.17, 15) is 4.55 Å². The van der Waals surface area contributed by atoms with Gasteiger partial charge in [0.25, 0.3) is 0 Å². The predicted octanol–water partition coefficient (Wildman–Crippen LogP) is 1.46. The SMILES string of the molecule is Cc1c(C(C)C)ncn1[S+](C)[O-]. The van der Waals surface area contributed by atoms with E-state index >= 15 is 0 Å². The van der Waals surface area contributed by atoms with E-state index in [0.29, 0.717) is 5.92 Å². The molecule has 0 aliphatic carbocycles. The number of hydrogen-bond donors (Lipinski definition) is 0. The maximum Gasteiger partial charge on any atom is 0.143 e. The summed E-state index contributed by atoms with van der Waals surface area (Å²) in [5.74, 6) is 0.398. The third-order valence-electron chi connectivity index (χ3n) is 1.83. The first-order valence-corrected chi connectivity index (χ1v) is 5.43. The van der Waals surface area contributed by atoms with Gasteiger partial charge in [-0.1, -0.05) is 13.8 Å². The lowest BCUT2D eigenvalue weighted by atomic mass is 10.1. The van der Waals surface area contributed by atoms with Crippen LogP contribution >= 0.6 is 0 Å². The van der Waals surface area contributed by atoms with E-state index in [1.807, 2.05) is 6.92 Å². The highest BCUT2D eigenvalue weighted by Crippen LogP contribution is 2.17. The summed E-state index contributed by atoms with van der Waals surface area (Å²) in [4.78, 5) is 4.21. The highest BCUT2D eigenvalue weighted by Gasteiger charge is 2.14. The Hall–Kier alpha value is -0.480. The lowest BCUT2D eigenvalue weighted by Crippen LogP contribution is -2.10. The van der Waals surface area contributed by atoms with Crippen LogP contribution in [0.1, 0.15) is 31.2 Å². The zero-order chi connectivity index (χ0) is 9.30. The summed E-state index contributed by atoms with van der Waals surface area (Å²) in [6.07, 6.45) is 3.29. The number of hydrogen-bond acceptors (Lipinski definition) is 2. The molecule has 0 bridgehead atoms. The predicted molar refractivity (Wildman–Crippen MR) is 50.5 cm³/mol. The zero-order valence-corrected chi connectivity index (χ0v) is 8.68. The molecule has 0 radical (unpaired) electrons. The van der Waals surface area contributed by atoms with Gasteiger partial charge in [-0.2, -0.15) is 3.97 Å². The van der Waals surface area contributed by atoms with Crippen molar-refractivity contribution in [1.82, 2.24) is 8.96 Å². The van der Waals surface area contributed by atoms with Crippen LogP contribution in [0.4, 0.5) is 0 Å². The maximum absolute atomic E-state index is 11.1. The average molecular weight is 186 g/mol. The molecular formula is C8H14N2OS. The molecule has 1 aromatic heterocycles. The average Bonchev–Trinajstić information content (AvgIpc) is 2.30. The Morgan fingerprint density at radius 1 is 1.58 bits per heavy atom. The van der Waals surface area contributed by atoms with Crippen molar-refractivity contribution in [3.63, 3.8) is 0 Å². The Bertz CT molecular complexity index is 243. The third kappa shape index (κ3) is 1.64. The summed E-state index contributed by atoms with van der Waals surface area (Å²) in [6.45, 7) is 6.11. The van der Waals surface area contributed by atoms with Crippen LogP contribution in [0.5, 0.6) is 0 Å². The molecule has 4 heteroatoms. The molecule has 1 unspecified atom stereocenters. The van der Waals surface area contributed by atoms with Gasteiger partial charge in [-0.3, -0.25) is 0 Å². The molecule has 1 rings (SSSR count). The van der Waals surface area contributed by atoms with E-state index in [1.165, 1.54) is 0 Å². The monoisotopic (exact) mass is 186 g/mol. The molecule has 68 valence electrons. The number of aromatic nitrogens is 2. The fourth-order valence-electron chi connectivity index (χ4n) is 1.23. The molecule has 0 saturated carbocycles. The zero-order valence-electron chi connectivity index (χ0n) is 7.87. The molecule has 0 N–H and O–H groups in total. The molecule has 3 nitrogen and oxygen atoms in total. The van der Waals surface area contributed by atoms with Gasteiger partial charge in [-0.25, -0.2) is 4.98 Å². The summed E-state index contributed by atoms with van der Waals surface area (Å²) in [5, 5.41) is 0. The molecule has 0 saturated heterocycles. The van der Waals surface area contributed by atoms with Gasteiger partial charge < -0.3 is 4.55 Å². The van der Waals surface area contributed by atoms with Crippen molar-refractivity contribution in [3.8, 4) is 0 Å². The standard InChI is InChI=1S/C8H14N2OS/c1-6(2)8-7(3)10(5-9-8)12(4)11/h5-6H,1-4H3. The van der Waals surface area contributed by atoms with Crippen LogP contribution in [0.2, 0.25) is 0 Å². The molecule has 0 aliphatic heterocycles. The molecule has 1 heterocycles. The summed E-state index contributed by atoms with van der Waals surface area (Å²) in [7, 11) is 0. The first kappa shape index (κ1) is 9.61. The second-order valence-corrected chi connectivity index (χ2v) is 4.36. The Morgan fingerprint density at radius 3 is 2.42 bits per heavy atom. The lowest BCUT2D eigenvalue weighted by Gasteiger charge is -2.07. The second kappa shape index (κ2) is 3.49. The van der Waals surface area contributed by atoms with Gasteiger partial charge in [0.05, 0.1) is 22.7 Å². The fraction of sp³-hybridized carbons (Fsp3) is 0.625. The van der Waals surface area contributed by atoms with Crippen molar-refractivity contribution in [2.24, 2.45) is 0 Å². The van der Waals surface area contributed by atoms with Crippen molar-refractivity contribution < 1.29 is 4.55 Å². The van der Waals surface area contributed by atoms with E-state index in [1.54, 1.807) is 16.6 Å². The van der Waals surface area contributed by atoms with Gasteiger partial charge in [0, 0.05) is 0 Å². The number of rotatable bonds is 2. The molecule has 0 aromatic carbocycles. The molecule has 0 aliphatic rings. The Morgan fingerprint density at radius 2 is 2.17 bits per heavy atom. The van der Waals surface area contributed by atoms with Gasteiger partial charge in [0.1, 0.15) is 12.6 Å². The van der Waals surface area contributed by atoms with E-state index in [4.69, 9.17) is 0 Å². The van der Waals surface area contributed by atoms with E-state index in [2.05, 4.69) is 18.8 Å². The van der Waals surface area contributed by atoms with Crippen molar-refractivity contribution in [3.05, 3.63) is 17.7 Å². The molecule has 12 heavy (non-hydrogen) atoms. The number of nitrogens with zero attached hydrogens (tertiary/aromatic N) is 2. The molecular weight excluding hydrogens is 172 g/mol. The molecule has 0 amide bonds. The highest BCUT2D eigenvalue weighted by molar-refractivity contribution is 7.89. The van der Waals surface area contributed by atoms with Crippen LogP contribution in [0, 0.1) is 6.92 Å². The van der Waals surface area contributed by atoms with E-state index < -0.39 is 11.4 Å². The van der Waals surface area contributed by atoms with Gasteiger partial charge >= 0.3 is 0 Å². The molecule has 0 spiro atoms. The Balaban J connectivity index is 3.04. The van der Waals surface area contributed by atoms with Crippen LogP contribution in [-0.4, -0.2) is 19.8 Å². The Kier molecular flexibility index (Phi) is 2.80. The topological polar surface area (TPSA) is 40.9 Å². The van der Waals surface area contributed by atoms with Crippen LogP contribution in [-0.2, 0) is 11.4 Å². The quantitative estimate of drug-likeness (QED) is 0.656. The van der Waals surface area contributed by atoms with Gasteiger partial charge in [-0.15, -0.1) is 0 Å². The van der Waals surface area contributed by atoms with Crippen LogP contribution < -0.4 is 0 Å². The van der Waals surface area contributed by atoms with Crippen LogP contribution in [0.25, 0.3) is 0 Å². The van der Waals surface area contributed by atoms with Gasteiger partial charge in [0.15, 0.2) is 0 Å². The lowest BCUT2D eigenvalue weighted by molar-refractivity contribution is 0.591. The maximum atomic E-state index is 11.1. The van der Waals surface area contributed by atoms with Crippen molar-refractivity contribution in [1.29, 1.82) is 0 Å². The third-order valence-corrected chi connectivity index (χ3v) is 2.75. The van der Waals surface area contributed by atoms with E-state index in [-0.39, 0.29) is 0 Å². The first-order chi connectivity index (χ1) is 5.54. The van der Waals surface area contributed by atoms with Crippen molar-refractivity contribution in [2.45, 2.75) is 26.7 Å². The molecule has 1 atom stereocenters. The summed E-state index contributed by atoms with van der Waals surface area (Å²) < 4.78 is 12.8. The highest BCUT2D eigenvalue weighted by atomic mass is 32.2. The van der Waals surface area contributed by atoms with Gasteiger partial charge in [0.2, 0.25) is 0 Å². The summed E-state index contributed by atoms with van der Waals surface area (Å²) in [6, 6.07) is 0. The largest absolute Gasteiger partial charge is 0.593 e. The van der Waals surface area contributed by atoms with E-state index in [0.717, 1.165) is 11.4 Å². The van der Waals surface area contributed by atoms with Crippen LogP contribution in [0.15, 0.2) is 6.33 Å². The van der Waals surface area contributed by atoms with Gasteiger partial charge in [-0.05, 0) is 12.8 Å². The molecule has 1 aromatic rings. The summed E-state index contributed by atoms with van der Waals surface area (Å²) in [5.41, 5.74) is 2.04. The summed E-state index contributed by atoms with van der Waals surface area (Å²) >= 11 is -0.982. The van der Waals surface area contributed by atoms with Crippen molar-refractivity contribution in [2.75, 3.05) is 6.26 Å². The van der Waals surface area contributed by atoms with Crippen LogP contribution in [0.3, 0.4) is 0 Å². The van der Waals surface area contributed by atoms with Crippen molar-refractivity contribution >= 4 is 11.4 Å². The minimum Gasteiger partial charge on any atom is -0.593 e. The fourth-order valence-corrected chi connectivity index (χ4v) is 1.89. The number of imidazole rings is 1. The minimum atomic E-state index is -0.982. The minimum absolute atomic E-state index is 0.398. The normalized spacial score (nSPS) is 13.8. The molecule has 0 fully saturated rings.